The minimum atomic E-state index is -2.66. The standard InChI is InChI=1S/C34H39F2N5O2S/c1-6-22-9-8-10-23(7-2)30(22)41-29(15-20(3)4)25(33(42)40-14-13-37-21(5)18-40)16-26(34(41)43)32-39-28(19-44-32)24-11-12-27(31(35)36)38-17-24/h8-12,16-17,19-21,31,37H,6-7,13-15,18H2,1-5H3/t21-/m1/s1. The summed E-state index contributed by atoms with van der Waals surface area (Å²) >= 11 is 1.29. The van der Waals surface area contributed by atoms with Crippen molar-refractivity contribution in [1.29, 1.82) is 0 Å². The lowest BCUT2D eigenvalue weighted by atomic mass is 9.96. The summed E-state index contributed by atoms with van der Waals surface area (Å²) in [5.74, 6) is 0.0913. The molecule has 4 heterocycles. The number of piperazine rings is 1. The molecule has 0 radical (unpaired) electrons. The highest BCUT2D eigenvalue weighted by Crippen LogP contribution is 2.32. The van der Waals surface area contributed by atoms with Gasteiger partial charge in [0, 0.05) is 48.5 Å². The third-order valence-electron chi connectivity index (χ3n) is 8.02. The molecule has 1 amide bonds. The number of pyridine rings is 2. The van der Waals surface area contributed by atoms with E-state index in [2.05, 4.69) is 44.9 Å². The summed E-state index contributed by atoms with van der Waals surface area (Å²) in [5.41, 5.74) is 5.04. The van der Waals surface area contributed by atoms with Crippen molar-refractivity contribution in [2.45, 2.75) is 66.3 Å². The minimum Gasteiger partial charge on any atom is -0.336 e. The normalized spacial score (nSPS) is 15.4. The lowest BCUT2D eigenvalue weighted by molar-refractivity contribution is 0.0707. The van der Waals surface area contributed by atoms with Gasteiger partial charge in [0.2, 0.25) is 0 Å². The predicted octanol–water partition coefficient (Wildman–Crippen LogP) is 6.72. The fraction of sp³-hybridized carbons (Fsp3) is 0.412. The van der Waals surface area contributed by atoms with Crippen LogP contribution in [0.4, 0.5) is 8.78 Å². The van der Waals surface area contributed by atoms with E-state index < -0.39 is 6.43 Å². The van der Waals surface area contributed by atoms with E-state index in [9.17, 15) is 18.4 Å². The van der Waals surface area contributed by atoms with E-state index in [0.29, 0.717) is 59.1 Å². The first kappa shape index (κ1) is 31.7. The molecule has 1 fully saturated rings. The first-order valence-corrected chi connectivity index (χ1v) is 16.1. The summed E-state index contributed by atoms with van der Waals surface area (Å²) in [4.78, 5) is 39.5. The van der Waals surface area contributed by atoms with E-state index in [1.54, 1.807) is 22.1 Å². The van der Waals surface area contributed by atoms with E-state index >= 15 is 0 Å². The van der Waals surface area contributed by atoms with Crippen LogP contribution in [0.1, 0.15) is 73.9 Å². The van der Waals surface area contributed by atoms with Crippen LogP contribution in [-0.2, 0) is 19.3 Å². The predicted molar refractivity (Wildman–Crippen MR) is 172 cm³/mol. The smallest absolute Gasteiger partial charge is 0.280 e. The van der Waals surface area contributed by atoms with Crippen molar-refractivity contribution in [2.24, 2.45) is 5.92 Å². The van der Waals surface area contributed by atoms with Gasteiger partial charge in [0.25, 0.3) is 17.9 Å². The third kappa shape index (κ3) is 6.37. The number of carbonyl (C=O) groups is 1. The van der Waals surface area contributed by atoms with Crippen molar-refractivity contribution in [3.63, 3.8) is 0 Å². The zero-order chi connectivity index (χ0) is 31.5. The number of hydrogen-bond acceptors (Lipinski definition) is 6. The first-order chi connectivity index (χ1) is 21.1. The molecule has 232 valence electrons. The highest BCUT2D eigenvalue weighted by atomic mass is 32.1. The molecule has 1 N–H and O–H groups in total. The van der Waals surface area contributed by atoms with Crippen molar-refractivity contribution in [3.8, 4) is 27.5 Å². The minimum absolute atomic E-state index is 0.0976. The van der Waals surface area contributed by atoms with Crippen LogP contribution in [0, 0.1) is 5.92 Å². The molecule has 0 saturated carbocycles. The van der Waals surface area contributed by atoms with Crippen LogP contribution in [0.5, 0.6) is 0 Å². The highest BCUT2D eigenvalue weighted by molar-refractivity contribution is 7.13. The quantitative estimate of drug-likeness (QED) is 0.225. The molecule has 4 aromatic rings. The van der Waals surface area contributed by atoms with Crippen molar-refractivity contribution in [1.82, 2.24) is 24.8 Å². The Labute approximate surface area is 261 Å². The Bertz CT molecular complexity index is 1670. The molecule has 0 unspecified atom stereocenters. The maximum atomic E-state index is 14.7. The number of rotatable bonds is 9. The van der Waals surface area contributed by atoms with Crippen LogP contribution in [-0.4, -0.2) is 51.0 Å². The average Bonchev–Trinajstić information content (AvgIpc) is 3.50. The number of thiazole rings is 1. The van der Waals surface area contributed by atoms with E-state index in [4.69, 9.17) is 4.98 Å². The van der Waals surface area contributed by atoms with E-state index in [1.165, 1.54) is 23.6 Å². The van der Waals surface area contributed by atoms with Gasteiger partial charge in [-0.2, -0.15) is 0 Å². The number of nitrogens with one attached hydrogen (secondary N) is 1. The number of alkyl halides is 2. The van der Waals surface area contributed by atoms with Gasteiger partial charge in [-0.05, 0) is 61.4 Å². The second-order valence-electron chi connectivity index (χ2n) is 11.7. The molecule has 0 spiro atoms. The van der Waals surface area contributed by atoms with Crippen LogP contribution in [0.2, 0.25) is 0 Å². The van der Waals surface area contributed by atoms with Gasteiger partial charge in [-0.25, -0.2) is 13.8 Å². The monoisotopic (exact) mass is 619 g/mol. The van der Waals surface area contributed by atoms with Gasteiger partial charge in [-0.15, -0.1) is 11.3 Å². The first-order valence-electron chi connectivity index (χ1n) is 15.3. The molecule has 44 heavy (non-hydrogen) atoms. The third-order valence-corrected chi connectivity index (χ3v) is 8.90. The molecule has 3 aromatic heterocycles. The second-order valence-corrected chi connectivity index (χ2v) is 12.6. The van der Waals surface area contributed by atoms with Gasteiger partial charge >= 0.3 is 0 Å². The Morgan fingerprint density at radius 3 is 2.45 bits per heavy atom. The van der Waals surface area contributed by atoms with Crippen molar-refractivity contribution in [3.05, 3.63) is 86.4 Å². The Morgan fingerprint density at radius 2 is 1.86 bits per heavy atom. The number of carbonyl (C=O) groups excluding carboxylic acids is 1. The molecule has 10 heteroatoms. The summed E-state index contributed by atoms with van der Waals surface area (Å²) in [6.45, 7) is 12.2. The molecule has 7 nitrogen and oxygen atoms in total. The largest absolute Gasteiger partial charge is 0.336 e. The van der Waals surface area contributed by atoms with Crippen molar-refractivity contribution < 1.29 is 13.6 Å². The van der Waals surface area contributed by atoms with Gasteiger partial charge in [-0.3, -0.25) is 19.1 Å². The van der Waals surface area contributed by atoms with Gasteiger partial charge < -0.3 is 10.2 Å². The Morgan fingerprint density at radius 1 is 1.14 bits per heavy atom. The lowest BCUT2D eigenvalue weighted by Crippen LogP contribution is -2.51. The van der Waals surface area contributed by atoms with Gasteiger partial charge in [0.05, 0.1) is 22.5 Å². The molecule has 0 aliphatic carbocycles. The summed E-state index contributed by atoms with van der Waals surface area (Å²) in [6.07, 6.45) is 0.706. The van der Waals surface area contributed by atoms with Crippen molar-refractivity contribution in [2.75, 3.05) is 19.6 Å². The molecule has 1 aliphatic rings. The van der Waals surface area contributed by atoms with E-state index in [0.717, 1.165) is 29.7 Å². The lowest BCUT2D eigenvalue weighted by Gasteiger charge is -2.33. The number of halogens is 2. The Balaban J connectivity index is 1.76. The maximum absolute atomic E-state index is 14.7. The maximum Gasteiger partial charge on any atom is 0.280 e. The summed E-state index contributed by atoms with van der Waals surface area (Å²) in [6, 6.07) is 10.8. The molecule has 0 bridgehead atoms. The fourth-order valence-corrected chi connectivity index (χ4v) is 6.66. The summed E-state index contributed by atoms with van der Waals surface area (Å²) < 4.78 is 27.9. The topological polar surface area (TPSA) is 80.1 Å². The molecule has 5 rings (SSSR count). The number of aromatic nitrogens is 3. The molecular weight excluding hydrogens is 580 g/mol. The van der Waals surface area contributed by atoms with Crippen LogP contribution in [0.25, 0.3) is 27.5 Å². The van der Waals surface area contributed by atoms with Crippen LogP contribution < -0.4 is 10.9 Å². The second kappa shape index (κ2) is 13.5. The van der Waals surface area contributed by atoms with Gasteiger partial charge in [0.1, 0.15) is 10.7 Å². The Hall–Kier alpha value is -3.76. The van der Waals surface area contributed by atoms with Crippen molar-refractivity contribution >= 4 is 17.2 Å². The average molecular weight is 620 g/mol. The summed E-state index contributed by atoms with van der Waals surface area (Å²) in [7, 11) is 0. The zero-order valence-corrected chi connectivity index (χ0v) is 26.7. The van der Waals surface area contributed by atoms with Crippen LogP contribution in [0.3, 0.4) is 0 Å². The Kier molecular flexibility index (Phi) is 9.70. The van der Waals surface area contributed by atoms with Gasteiger partial charge in [0.15, 0.2) is 0 Å². The number of amides is 1. The molecule has 1 aliphatic heterocycles. The van der Waals surface area contributed by atoms with E-state index in [-0.39, 0.29) is 29.1 Å². The number of hydrogen-bond donors (Lipinski definition) is 1. The zero-order valence-electron chi connectivity index (χ0n) is 25.9. The summed E-state index contributed by atoms with van der Waals surface area (Å²) in [5, 5.41) is 5.65. The molecule has 1 aromatic carbocycles. The number of benzene rings is 1. The molecular formula is C34H39F2N5O2S. The highest BCUT2D eigenvalue weighted by Gasteiger charge is 2.29. The van der Waals surface area contributed by atoms with Crippen LogP contribution in [0.15, 0.2) is 52.8 Å². The number of aryl methyl sites for hydroxylation is 2. The van der Waals surface area contributed by atoms with Crippen LogP contribution >= 0.6 is 11.3 Å². The molecule has 1 saturated heterocycles. The number of nitrogens with zero attached hydrogens (tertiary/aromatic N) is 4. The fourth-order valence-electron chi connectivity index (χ4n) is 5.82. The van der Waals surface area contributed by atoms with Gasteiger partial charge in [-0.1, -0.05) is 45.9 Å². The molecule has 1 atom stereocenters. The number of para-hydroxylation sites is 1. The SMILES string of the molecule is CCc1cccc(CC)c1-n1c(CC(C)C)c(C(=O)N2CCN[C@H](C)C2)cc(-c2nc(-c3ccc(C(F)F)nc3)cs2)c1=O. The van der Waals surface area contributed by atoms with E-state index in [1.807, 2.05) is 23.1 Å².